The van der Waals surface area contributed by atoms with Crippen LogP contribution in [0.2, 0.25) is 0 Å². The minimum atomic E-state index is 0.204. The summed E-state index contributed by atoms with van der Waals surface area (Å²) in [7, 11) is 1.80. The summed E-state index contributed by atoms with van der Waals surface area (Å²) in [6, 6.07) is 8.62. The fourth-order valence-electron chi connectivity index (χ4n) is 3.56. The lowest BCUT2D eigenvalue weighted by Gasteiger charge is -2.22. The van der Waals surface area contributed by atoms with Crippen molar-refractivity contribution in [1.82, 2.24) is 14.8 Å². The van der Waals surface area contributed by atoms with Gasteiger partial charge >= 0.3 is 0 Å². The number of fused-ring (bicyclic) bond motifs is 1. The molecule has 1 aliphatic carbocycles. The van der Waals surface area contributed by atoms with Crippen molar-refractivity contribution in [3.63, 3.8) is 0 Å². The SMILES string of the molecule is CCC(Cn1c(CC2CC2)nnc1N1CCc2ccccc21)OC. The zero-order valence-corrected chi connectivity index (χ0v) is 14.6. The fraction of sp³-hybridized carbons (Fsp3) is 0.579. The largest absolute Gasteiger partial charge is 0.380 e. The van der Waals surface area contributed by atoms with Crippen LogP contribution in [0.5, 0.6) is 0 Å². The Balaban J connectivity index is 1.68. The number of methoxy groups -OCH3 is 1. The van der Waals surface area contributed by atoms with Crippen LogP contribution in [0, 0.1) is 5.92 Å². The third-order valence-electron chi connectivity index (χ3n) is 5.28. The summed E-state index contributed by atoms with van der Waals surface area (Å²) in [4.78, 5) is 2.32. The Morgan fingerprint density at radius 3 is 2.83 bits per heavy atom. The number of anilines is 2. The monoisotopic (exact) mass is 326 g/mol. The Kier molecular flexibility index (Phi) is 4.27. The van der Waals surface area contributed by atoms with Crippen molar-refractivity contribution in [2.24, 2.45) is 5.92 Å². The van der Waals surface area contributed by atoms with Gasteiger partial charge in [-0.2, -0.15) is 0 Å². The highest BCUT2D eigenvalue weighted by molar-refractivity contribution is 5.65. The Labute approximate surface area is 143 Å². The molecule has 1 aromatic heterocycles. The van der Waals surface area contributed by atoms with Gasteiger partial charge in [0.05, 0.1) is 12.6 Å². The maximum absolute atomic E-state index is 5.64. The zero-order valence-electron chi connectivity index (χ0n) is 14.6. The lowest BCUT2D eigenvalue weighted by Crippen LogP contribution is -2.25. The van der Waals surface area contributed by atoms with Gasteiger partial charge in [-0.1, -0.05) is 25.1 Å². The molecule has 0 radical (unpaired) electrons. The zero-order chi connectivity index (χ0) is 16.5. The van der Waals surface area contributed by atoms with Crippen molar-refractivity contribution < 1.29 is 4.74 Å². The van der Waals surface area contributed by atoms with E-state index >= 15 is 0 Å². The van der Waals surface area contributed by atoms with E-state index in [4.69, 9.17) is 4.74 Å². The van der Waals surface area contributed by atoms with E-state index in [1.807, 2.05) is 0 Å². The molecule has 2 aromatic rings. The standard InChI is InChI=1S/C19H26N4O/c1-3-16(24-2)13-23-18(12-14-8-9-14)20-21-19(23)22-11-10-15-6-4-5-7-17(15)22/h4-7,14,16H,3,8-13H2,1-2H3. The van der Waals surface area contributed by atoms with E-state index in [2.05, 4.69) is 50.9 Å². The summed E-state index contributed by atoms with van der Waals surface area (Å²) in [5.41, 5.74) is 2.67. The van der Waals surface area contributed by atoms with Gasteiger partial charge in [0.2, 0.25) is 5.95 Å². The van der Waals surface area contributed by atoms with Gasteiger partial charge in [0.1, 0.15) is 5.82 Å². The molecule has 1 saturated carbocycles. The number of nitrogens with zero attached hydrogens (tertiary/aromatic N) is 4. The fourth-order valence-corrected chi connectivity index (χ4v) is 3.56. The normalized spacial score (nSPS) is 18.0. The molecule has 0 spiro atoms. The second-order valence-electron chi connectivity index (χ2n) is 6.97. The van der Waals surface area contributed by atoms with E-state index in [1.165, 1.54) is 24.1 Å². The summed E-state index contributed by atoms with van der Waals surface area (Å²) in [6.45, 7) is 3.98. The molecule has 0 amide bonds. The van der Waals surface area contributed by atoms with Crippen molar-refractivity contribution in [2.75, 3.05) is 18.6 Å². The molecular formula is C19H26N4O. The highest BCUT2D eigenvalue weighted by atomic mass is 16.5. The van der Waals surface area contributed by atoms with Crippen LogP contribution in [0.15, 0.2) is 24.3 Å². The van der Waals surface area contributed by atoms with E-state index in [0.29, 0.717) is 0 Å². The van der Waals surface area contributed by atoms with Gasteiger partial charge < -0.3 is 9.64 Å². The number of benzene rings is 1. The first-order valence-electron chi connectivity index (χ1n) is 9.10. The predicted molar refractivity (Wildman–Crippen MR) is 94.7 cm³/mol. The summed E-state index contributed by atoms with van der Waals surface area (Å²) in [6.07, 6.45) is 5.97. The van der Waals surface area contributed by atoms with Crippen LogP contribution in [-0.2, 0) is 24.1 Å². The molecule has 1 aromatic carbocycles. The van der Waals surface area contributed by atoms with E-state index < -0.39 is 0 Å². The van der Waals surface area contributed by atoms with Crippen LogP contribution in [0.3, 0.4) is 0 Å². The maximum Gasteiger partial charge on any atom is 0.231 e. The van der Waals surface area contributed by atoms with Crippen LogP contribution in [-0.4, -0.2) is 34.5 Å². The van der Waals surface area contributed by atoms with Crippen molar-refractivity contribution in [2.45, 2.75) is 51.7 Å². The third kappa shape index (κ3) is 2.93. The van der Waals surface area contributed by atoms with Gasteiger partial charge in [-0.25, -0.2) is 0 Å². The highest BCUT2D eigenvalue weighted by Gasteiger charge is 2.29. The van der Waals surface area contributed by atoms with Crippen molar-refractivity contribution in [3.05, 3.63) is 35.7 Å². The van der Waals surface area contributed by atoms with Crippen LogP contribution in [0.4, 0.5) is 11.6 Å². The average Bonchev–Trinajstić information content (AvgIpc) is 3.20. The lowest BCUT2D eigenvalue weighted by atomic mass is 10.2. The Morgan fingerprint density at radius 1 is 1.25 bits per heavy atom. The number of hydrogen-bond acceptors (Lipinski definition) is 4. The van der Waals surface area contributed by atoms with Gasteiger partial charge in [0.15, 0.2) is 0 Å². The Bertz CT molecular complexity index is 703. The van der Waals surface area contributed by atoms with Gasteiger partial charge in [0.25, 0.3) is 0 Å². The molecule has 2 aliphatic rings. The predicted octanol–water partition coefficient (Wildman–Crippen LogP) is 3.35. The smallest absolute Gasteiger partial charge is 0.231 e. The first kappa shape index (κ1) is 15.6. The molecule has 5 nitrogen and oxygen atoms in total. The summed E-state index contributed by atoms with van der Waals surface area (Å²) in [5, 5.41) is 9.13. The number of ether oxygens (including phenoxy) is 1. The van der Waals surface area contributed by atoms with E-state index in [-0.39, 0.29) is 6.10 Å². The van der Waals surface area contributed by atoms with Crippen molar-refractivity contribution in [1.29, 1.82) is 0 Å². The molecule has 1 aliphatic heterocycles. The molecule has 0 bridgehead atoms. The summed E-state index contributed by atoms with van der Waals surface area (Å²) < 4.78 is 7.94. The van der Waals surface area contributed by atoms with Gasteiger partial charge in [-0.15, -0.1) is 10.2 Å². The topological polar surface area (TPSA) is 43.2 Å². The molecule has 4 rings (SSSR count). The molecule has 0 N–H and O–H groups in total. The van der Waals surface area contributed by atoms with E-state index in [1.54, 1.807) is 7.11 Å². The molecule has 1 unspecified atom stereocenters. The van der Waals surface area contributed by atoms with Crippen LogP contribution >= 0.6 is 0 Å². The maximum atomic E-state index is 5.64. The first-order chi connectivity index (χ1) is 11.8. The third-order valence-corrected chi connectivity index (χ3v) is 5.28. The van der Waals surface area contributed by atoms with Gasteiger partial charge in [-0.3, -0.25) is 4.57 Å². The van der Waals surface area contributed by atoms with Crippen LogP contribution in [0.1, 0.15) is 37.6 Å². The number of para-hydroxylation sites is 1. The molecule has 5 heteroatoms. The van der Waals surface area contributed by atoms with Crippen molar-refractivity contribution in [3.8, 4) is 0 Å². The quantitative estimate of drug-likeness (QED) is 0.782. The molecule has 1 fully saturated rings. The number of aromatic nitrogens is 3. The second kappa shape index (κ2) is 6.55. The Hall–Kier alpha value is -1.88. The van der Waals surface area contributed by atoms with Crippen LogP contribution in [0.25, 0.3) is 0 Å². The Morgan fingerprint density at radius 2 is 2.08 bits per heavy atom. The summed E-state index contributed by atoms with van der Waals surface area (Å²) >= 11 is 0. The second-order valence-corrected chi connectivity index (χ2v) is 6.97. The molecule has 1 atom stereocenters. The molecule has 24 heavy (non-hydrogen) atoms. The van der Waals surface area contributed by atoms with Crippen LogP contribution < -0.4 is 4.90 Å². The van der Waals surface area contributed by atoms with Crippen molar-refractivity contribution >= 4 is 11.6 Å². The summed E-state index contributed by atoms with van der Waals surface area (Å²) in [5.74, 6) is 2.90. The number of hydrogen-bond donors (Lipinski definition) is 0. The first-order valence-corrected chi connectivity index (χ1v) is 9.10. The minimum absolute atomic E-state index is 0.204. The number of rotatable bonds is 7. The molecule has 2 heterocycles. The highest BCUT2D eigenvalue weighted by Crippen LogP contribution is 2.36. The molecule has 0 saturated heterocycles. The van der Waals surface area contributed by atoms with E-state index in [0.717, 1.165) is 50.0 Å². The molecular weight excluding hydrogens is 300 g/mol. The average molecular weight is 326 g/mol. The minimum Gasteiger partial charge on any atom is -0.380 e. The lowest BCUT2D eigenvalue weighted by molar-refractivity contribution is 0.0841. The van der Waals surface area contributed by atoms with Gasteiger partial charge in [0, 0.05) is 25.8 Å². The van der Waals surface area contributed by atoms with Gasteiger partial charge in [-0.05, 0) is 43.2 Å². The molecule has 128 valence electrons. The van der Waals surface area contributed by atoms with E-state index in [9.17, 15) is 0 Å².